The third kappa shape index (κ3) is 1.47. The van der Waals surface area contributed by atoms with E-state index in [1.807, 2.05) is 18.3 Å². The second-order valence-electron chi connectivity index (χ2n) is 4.04. The van der Waals surface area contributed by atoms with Gasteiger partial charge in [0, 0.05) is 12.2 Å². The number of pyridine rings is 1. The van der Waals surface area contributed by atoms with Crippen molar-refractivity contribution in [2.24, 2.45) is 0 Å². The van der Waals surface area contributed by atoms with Gasteiger partial charge in [-0.3, -0.25) is 0 Å². The summed E-state index contributed by atoms with van der Waals surface area (Å²) in [5.41, 5.74) is 1.99. The molecule has 0 atom stereocenters. The van der Waals surface area contributed by atoms with Crippen LogP contribution < -0.4 is 0 Å². The first-order valence-electron chi connectivity index (χ1n) is 5.35. The predicted molar refractivity (Wildman–Crippen MR) is 62.7 cm³/mol. The number of hydrogen-bond acceptors (Lipinski definition) is 2. The second-order valence-corrected chi connectivity index (χ2v) is 4.74. The fourth-order valence-electron chi connectivity index (χ4n) is 2.39. The Morgan fingerprint density at radius 3 is 2.93 bits per heavy atom. The van der Waals surface area contributed by atoms with E-state index in [0.717, 1.165) is 15.9 Å². The number of aromatic nitrogens is 3. The number of hydrogen-bond donors (Lipinski definition) is 0. The molecule has 2 aromatic rings. The van der Waals surface area contributed by atoms with Crippen LogP contribution in [0.4, 0.5) is 0 Å². The summed E-state index contributed by atoms with van der Waals surface area (Å²) < 4.78 is 3.16. The smallest absolute Gasteiger partial charge is 0.179 e. The number of halogens is 1. The van der Waals surface area contributed by atoms with Gasteiger partial charge >= 0.3 is 0 Å². The average molecular weight is 266 g/mol. The lowest BCUT2D eigenvalue weighted by Crippen LogP contribution is -2.05. The van der Waals surface area contributed by atoms with E-state index in [1.165, 1.54) is 25.7 Å². The Bertz CT molecular complexity index is 486. The first kappa shape index (κ1) is 9.33. The van der Waals surface area contributed by atoms with Gasteiger partial charge in [-0.15, -0.1) is 0 Å². The van der Waals surface area contributed by atoms with Crippen molar-refractivity contribution >= 4 is 27.1 Å². The van der Waals surface area contributed by atoms with Gasteiger partial charge in [-0.05, 0) is 40.9 Å². The number of nitrogens with zero attached hydrogens (tertiary/aromatic N) is 3. The molecule has 0 spiro atoms. The molecule has 15 heavy (non-hydrogen) atoms. The van der Waals surface area contributed by atoms with E-state index in [2.05, 4.69) is 30.5 Å². The zero-order chi connectivity index (χ0) is 10.3. The van der Waals surface area contributed by atoms with Crippen molar-refractivity contribution in [3.8, 4) is 0 Å². The molecule has 1 saturated carbocycles. The van der Waals surface area contributed by atoms with Crippen molar-refractivity contribution in [2.75, 3.05) is 0 Å². The van der Waals surface area contributed by atoms with E-state index < -0.39 is 0 Å². The maximum Gasteiger partial charge on any atom is 0.179 e. The van der Waals surface area contributed by atoms with Gasteiger partial charge < -0.3 is 4.57 Å². The van der Waals surface area contributed by atoms with Gasteiger partial charge in [-0.25, -0.2) is 9.97 Å². The van der Waals surface area contributed by atoms with Crippen LogP contribution in [0.15, 0.2) is 23.1 Å². The van der Waals surface area contributed by atoms with E-state index in [9.17, 15) is 0 Å². The summed E-state index contributed by atoms with van der Waals surface area (Å²) in [6.07, 6.45) is 6.98. The molecular formula is C11H12BrN3. The van der Waals surface area contributed by atoms with Crippen molar-refractivity contribution in [1.82, 2.24) is 14.5 Å². The van der Waals surface area contributed by atoms with E-state index in [-0.39, 0.29) is 0 Å². The molecule has 0 radical (unpaired) electrons. The second kappa shape index (κ2) is 3.59. The SMILES string of the molecule is Brc1nc2cccnc2n1C1CCCC1. The molecule has 2 aromatic heterocycles. The molecule has 0 aromatic carbocycles. The van der Waals surface area contributed by atoms with Crippen molar-refractivity contribution < 1.29 is 0 Å². The van der Waals surface area contributed by atoms with Crippen LogP contribution in [0.1, 0.15) is 31.7 Å². The first-order chi connectivity index (χ1) is 7.36. The van der Waals surface area contributed by atoms with Gasteiger partial charge in [-0.1, -0.05) is 12.8 Å². The molecular weight excluding hydrogens is 254 g/mol. The lowest BCUT2D eigenvalue weighted by atomic mass is 10.2. The van der Waals surface area contributed by atoms with Crippen molar-refractivity contribution in [3.05, 3.63) is 23.1 Å². The zero-order valence-electron chi connectivity index (χ0n) is 8.36. The van der Waals surface area contributed by atoms with Crippen LogP contribution in [-0.4, -0.2) is 14.5 Å². The molecule has 3 rings (SSSR count). The quantitative estimate of drug-likeness (QED) is 0.792. The Balaban J connectivity index is 2.19. The third-order valence-electron chi connectivity index (χ3n) is 3.10. The van der Waals surface area contributed by atoms with Gasteiger partial charge in [0.2, 0.25) is 0 Å². The fourth-order valence-corrected chi connectivity index (χ4v) is 3.04. The maximum absolute atomic E-state index is 4.47. The Hall–Kier alpha value is -0.900. The Morgan fingerprint density at radius 2 is 2.13 bits per heavy atom. The summed E-state index contributed by atoms with van der Waals surface area (Å²) in [4.78, 5) is 8.89. The summed E-state index contributed by atoms with van der Waals surface area (Å²) in [5.74, 6) is 0. The number of rotatable bonds is 1. The molecule has 1 fully saturated rings. The van der Waals surface area contributed by atoms with Crippen molar-refractivity contribution in [2.45, 2.75) is 31.7 Å². The van der Waals surface area contributed by atoms with Gasteiger partial charge in [0.15, 0.2) is 10.4 Å². The molecule has 2 heterocycles. The van der Waals surface area contributed by atoms with Gasteiger partial charge in [0.25, 0.3) is 0 Å². The van der Waals surface area contributed by atoms with E-state index in [0.29, 0.717) is 6.04 Å². The van der Waals surface area contributed by atoms with Gasteiger partial charge in [0.05, 0.1) is 0 Å². The summed E-state index contributed by atoms with van der Waals surface area (Å²) in [7, 11) is 0. The van der Waals surface area contributed by atoms with Crippen LogP contribution in [0.3, 0.4) is 0 Å². The van der Waals surface area contributed by atoms with Crippen molar-refractivity contribution in [3.63, 3.8) is 0 Å². The van der Waals surface area contributed by atoms with Gasteiger partial charge in [-0.2, -0.15) is 0 Å². The Kier molecular flexibility index (Phi) is 2.24. The molecule has 0 amide bonds. The van der Waals surface area contributed by atoms with Gasteiger partial charge in [0.1, 0.15) is 5.52 Å². The third-order valence-corrected chi connectivity index (χ3v) is 3.65. The van der Waals surface area contributed by atoms with Crippen LogP contribution in [-0.2, 0) is 0 Å². The standard InChI is InChI=1S/C11H12BrN3/c12-11-14-9-6-3-7-13-10(9)15(11)8-4-1-2-5-8/h3,6-8H,1-2,4-5H2. The average Bonchev–Trinajstić information content (AvgIpc) is 2.82. The molecule has 78 valence electrons. The molecule has 0 aliphatic heterocycles. The molecule has 4 heteroatoms. The highest BCUT2D eigenvalue weighted by Gasteiger charge is 2.21. The van der Waals surface area contributed by atoms with E-state index >= 15 is 0 Å². The van der Waals surface area contributed by atoms with Crippen LogP contribution in [0, 0.1) is 0 Å². The highest BCUT2D eigenvalue weighted by molar-refractivity contribution is 9.10. The summed E-state index contributed by atoms with van der Waals surface area (Å²) >= 11 is 3.53. The summed E-state index contributed by atoms with van der Waals surface area (Å²) in [5, 5.41) is 0. The summed E-state index contributed by atoms with van der Waals surface area (Å²) in [6.45, 7) is 0. The lowest BCUT2D eigenvalue weighted by Gasteiger charge is -2.12. The number of fused-ring (bicyclic) bond motifs is 1. The fraction of sp³-hybridized carbons (Fsp3) is 0.455. The minimum atomic E-state index is 0.583. The van der Waals surface area contributed by atoms with Crippen LogP contribution in [0.25, 0.3) is 11.2 Å². The van der Waals surface area contributed by atoms with E-state index in [4.69, 9.17) is 0 Å². The molecule has 1 aliphatic carbocycles. The molecule has 0 saturated heterocycles. The molecule has 0 bridgehead atoms. The Morgan fingerprint density at radius 1 is 1.33 bits per heavy atom. The minimum absolute atomic E-state index is 0.583. The topological polar surface area (TPSA) is 30.7 Å². The van der Waals surface area contributed by atoms with Crippen LogP contribution >= 0.6 is 15.9 Å². The monoisotopic (exact) mass is 265 g/mol. The summed E-state index contributed by atoms with van der Waals surface area (Å²) in [6, 6.07) is 4.53. The predicted octanol–water partition coefficient (Wildman–Crippen LogP) is 3.31. The highest BCUT2D eigenvalue weighted by Crippen LogP contribution is 2.34. The Labute approximate surface area is 96.7 Å². The van der Waals surface area contributed by atoms with Crippen LogP contribution in [0.2, 0.25) is 0 Å². The first-order valence-corrected chi connectivity index (χ1v) is 6.14. The zero-order valence-corrected chi connectivity index (χ0v) is 9.94. The minimum Gasteiger partial charge on any atom is -0.300 e. The van der Waals surface area contributed by atoms with Crippen LogP contribution in [0.5, 0.6) is 0 Å². The largest absolute Gasteiger partial charge is 0.300 e. The molecule has 1 aliphatic rings. The molecule has 0 N–H and O–H groups in total. The van der Waals surface area contributed by atoms with Crippen molar-refractivity contribution in [1.29, 1.82) is 0 Å². The molecule has 0 unspecified atom stereocenters. The normalized spacial score (nSPS) is 17.7. The molecule has 3 nitrogen and oxygen atoms in total. The number of imidazole rings is 1. The highest BCUT2D eigenvalue weighted by atomic mass is 79.9. The van der Waals surface area contributed by atoms with E-state index in [1.54, 1.807) is 0 Å². The maximum atomic E-state index is 4.47. The lowest BCUT2D eigenvalue weighted by molar-refractivity contribution is 0.519.